The zero-order valence-electron chi connectivity index (χ0n) is 22.8. The number of hydrogen-bond donors (Lipinski definition) is 2. The van der Waals surface area contributed by atoms with Crippen LogP contribution in [0.3, 0.4) is 0 Å². The minimum absolute atomic E-state index is 0.0253. The highest BCUT2D eigenvalue weighted by Crippen LogP contribution is 2.42. The summed E-state index contributed by atoms with van der Waals surface area (Å²) in [5.74, 6) is -1.08. The van der Waals surface area contributed by atoms with Crippen molar-refractivity contribution in [2.45, 2.75) is 30.7 Å². The number of anilines is 3. The zero-order chi connectivity index (χ0) is 31.2. The van der Waals surface area contributed by atoms with E-state index in [1.54, 1.807) is 28.9 Å². The van der Waals surface area contributed by atoms with Gasteiger partial charge in [0.1, 0.15) is 25.4 Å². The molecule has 1 aliphatic rings. The van der Waals surface area contributed by atoms with Gasteiger partial charge in [-0.05, 0) is 54.8 Å². The molecule has 44 heavy (non-hydrogen) atoms. The van der Waals surface area contributed by atoms with Crippen LogP contribution in [0.4, 0.5) is 34.6 Å². The predicted molar refractivity (Wildman–Crippen MR) is 161 cm³/mol. The highest BCUT2D eigenvalue weighted by molar-refractivity contribution is 6.36. The van der Waals surface area contributed by atoms with Crippen LogP contribution in [0.25, 0.3) is 10.9 Å². The lowest BCUT2D eigenvalue weighted by Crippen LogP contribution is -2.37. The van der Waals surface area contributed by atoms with Gasteiger partial charge in [-0.1, -0.05) is 46.6 Å². The molecule has 0 bridgehead atoms. The molecule has 0 aliphatic heterocycles. The molecule has 2 heterocycles. The minimum Gasteiger partial charge on any atom is -0.402 e. The van der Waals surface area contributed by atoms with Crippen LogP contribution in [0, 0.1) is 17.1 Å². The number of rotatable bonds is 8. The highest BCUT2D eigenvalue weighted by Gasteiger charge is 2.35. The molecule has 0 saturated heterocycles. The number of hydrogen-bond acceptors (Lipinski definition) is 7. The van der Waals surface area contributed by atoms with Gasteiger partial charge in [0, 0.05) is 17.3 Å². The molecular weight excluding hydrogens is 620 g/mol. The van der Waals surface area contributed by atoms with E-state index in [2.05, 4.69) is 30.7 Å². The molecule has 0 radical (unpaired) electrons. The van der Waals surface area contributed by atoms with Gasteiger partial charge in [-0.15, -0.1) is 18.3 Å². The number of fused-ring (bicyclic) bond motifs is 1. The third-order valence-corrected chi connectivity index (χ3v) is 7.83. The van der Waals surface area contributed by atoms with Crippen LogP contribution in [0.1, 0.15) is 35.7 Å². The van der Waals surface area contributed by atoms with Crippen LogP contribution in [0.5, 0.6) is 5.75 Å². The number of aromatic nitrogens is 4. The quantitative estimate of drug-likeness (QED) is 0.138. The van der Waals surface area contributed by atoms with E-state index in [0.717, 1.165) is 12.8 Å². The molecule has 5 aromatic rings. The van der Waals surface area contributed by atoms with Crippen molar-refractivity contribution in [3.63, 3.8) is 0 Å². The SMILES string of the molecule is BC(Nc1cc(Cl)c2ncc(C#N)c(Nc3cccc(Cl)c3OC(F)(F)F)c2c1)(c1ccc(F)cc1)c1cn(C2CC2)nn1. The van der Waals surface area contributed by atoms with Gasteiger partial charge in [0.15, 0.2) is 5.75 Å². The van der Waals surface area contributed by atoms with E-state index < -0.39 is 23.4 Å². The van der Waals surface area contributed by atoms with Crippen molar-refractivity contribution in [2.24, 2.45) is 0 Å². The first-order valence-corrected chi connectivity index (χ1v) is 14.0. The molecule has 1 fully saturated rings. The molecule has 8 nitrogen and oxygen atoms in total. The van der Waals surface area contributed by atoms with Gasteiger partial charge in [-0.2, -0.15) is 5.26 Å². The number of halogens is 6. The first kappa shape index (κ1) is 29.5. The van der Waals surface area contributed by atoms with Gasteiger partial charge in [0.2, 0.25) is 0 Å². The second-order valence-corrected chi connectivity index (χ2v) is 11.2. The Morgan fingerprint density at radius 3 is 2.50 bits per heavy atom. The monoisotopic (exact) mass is 639 g/mol. The van der Waals surface area contributed by atoms with Crippen molar-refractivity contribution in [1.29, 1.82) is 5.26 Å². The van der Waals surface area contributed by atoms with Crippen LogP contribution in [0.15, 0.2) is 67.0 Å². The number of alkyl halides is 3. The van der Waals surface area contributed by atoms with Gasteiger partial charge in [0.05, 0.1) is 50.2 Å². The molecule has 3 aromatic carbocycles. The maximum Gasteiger partial charge on any atom is 0.573 e. The van der Waals surface area contributed by atoms with Gasteiger partial charge >= 0.3 is 6.36 Å². The maximum atomic E-state index is 13.9. The highest BCUT2D eigenvalue weighted by atomic mass is 35.5. The number of nitrogens with one attached hydrogen (secondary N) is 2. The maximum absolute atomic E-state index is 13.9. The summed E-state index contributed by atoms with van der Waals surface area (Å²) >= 11 is 12.7. The Morgan fingerprint density at radius 2 is 1.82 bits per heavy atom. The van der Waals surface area contributed by atoms with Crippen LogP contribution in [0.2, 0.25) is 10.0 Å². The van der Waals surface area contributed by atoms with Crippen molar-refractivity contribution >= 4 is 59.0 Å². The standard InChI is InChI=1S/C29H20BCl2F4N7O/c30-28(16-4-6-17(33)7-5-16,24-14-43(42-41-24)19-8-9-19)40-18-10-20-25(15(12-37)13-38-26(20)22(32)11-18)39-23-3-1-2-21(31)27(23)44-29(34,35)36/h1-7,10-11,13-14,19,40H,8-9,30H2,(H,38,39). The lowest BCUT2D eigenvalue weighted by atomic mass is 9.69. The smallest absolute Gasteiger partial charge is 0.402 e. The van der Waals surface area contributed by atoms with Crippen molar-refractivity contribution in [3.8, 4) is 11.8 Å². The summed E-state index contributed by atoms with van der Waals surface area (Å²) in [6.45, 7) is 0. The predicted octanol–water partition coefficient (Wildman–Crippen LogP) is 7.07. The van der Waals surface area contributed by atoms with E-state index in [4.69, 9.17) is 23.2 Å². The molecule has 6 rings (SSSR count). The molecule has 15 heteroatoms. The van der Waals surface area contributed by atoms with E-state index in [-0.39, 0.29) is 38.5 Å². The fraction of sp³-hybridized carbons (Fsp3) is 0.172. The Balaban J connectivity index is 1.47. The van der Waals surface area contributed by atoms with Gasteiger partial charge in [-0.25, -0.2) is 9.07 Å². The van der Waals surface area contributed by atoms with Crippen LogP contribution < -0.4 is 15.4 Å². The van der Waals surface area contributed by atoms with Gasteiger partial charge in [0.25, 0.3) is 0 Å². The average Bonchev–Trinajstić information content (AvgIpc) is 3.70. The summed E-state index contributed by atoms with van der Waals surface area (Å²) in [6.07, 6.45) is 0.0657. The molecular formula is C29H20BCl2F4N7O. The van der Waals surface area contributed by atoms with Gasteiger partial charge < -0.3 is 15.4 Å². The lowest BCUT2D eigenvalue weighted by Gasteiger charge is -2.31. The number of nitriles is 1. The van der Waals surface area contributed by atoms with Crippen LogP contribution >= 0.6 is 23.2 Å². The Morgan fingerprint density at radius 1 is 1.07 bits per heavy atom. The Labute approximate surface area is 259 Å². The summed E-state index contributed by atoms with van der Waals surface area (Å²) in [5.41, 5.74) is 0.941. The normalized spacial score (nSPS) is 14.6. The average molecular weight is 640 g/mol. The van der Waals surface area contributed by atoms with E-state index in [1.807, 2.05) is 20.1 Å². The second kappa shape index (κ2) is 11.2. The van der Waals surface area contributed by atoms with E-state index in [9.17, 15) is 22.8 Å². The van der Waals surface area contributed by atoms with Crippen LogP contribution in [-0.2, 0) is 5.44 Å². The zero-order valence-corrected chi connectivity index (χ0v) is 24.3. The summed E-state index contributed by atoms with van der Waals surface area (Å²) in [4.78, 5) is 4.32. The molecule has 1 aliphatic carbocycles. The third kappa shape index (κ3) is 5.83. The fourth-order valence-electron chi connectivity index (χ4n) is 4.89. The molecule has 222 valence electrons. The number of pyridine rings is 1. The van der Waals surface area contributed by atoms with E-state index >= 15 is 0 Å². The fourth-order valence-corrected chi connectivity index (χ4v) is 5.37. The largest absolute Gasteiger partial charge is 0.573 e. The molecule has 2 aromatic heterocycles. The molecule has 1 unspecified atom stereocenters. The van der Waals surface area contributed by atoms with Crippen molar-refractivity contribution in [3.05, 3.63) is 99.7 Å². The number of nitrogens with zero attached hydrogens (tertiary/aromatic N) is 5. The molecule has 1 atom stereocenters. The van der Waals surface area contributed by atoms with E-state index in [1.165, 1.54) is 36.5 Å². The Bertz CT molecular complexity index is 1930. The molecule has 2 N–H and O–H groups in total. The first-order valence-electron chi connectivity index (χ1n) is 13.3. The topological polar surface area (TPSA) is 101 Å². The molecule has 0 spiro atoms. The second-order valence-electron chi connectivity index (χ2n) is 10.4. The summed E-state index contributed by atoms with van der Waals surface area (Å²) < 4.78 is 59.6. The summed E-state index contributed by atoms with van der Waals surface area (Å²) in [5, 5.41) is 25.1. The molecule has 0 amide bonds. The summed E-state index contributed by atoms with van der Waals surface area (Å²) in [7, 11) is 1.86. The van der Waals surface area contributed by atoms with E-state index in [0.29, 0.717) is 22.3 Å². The Hall–Kier alpha value is -4.54. The van der Waals surface area contributed by atoms with Crippen molar-refractivity contribution in [2.75, 3.05) is 10.6 Å². The van der Waals surface area contributed by atoms with Crippen LogP contribution in [-0.4, -0.2) is 34.2 Å². The number of para-hydroxylation sites is 1. The van der Waals surface area contributed by atoms with Crippen molar-refractivity contribution < 1.29 is 22.3 Å². The Kier molecular flexibility index (Phi) is 7.51. The first-order chi connectivity index (χ1) is 20.9. The third-order valence-electron chi connectivity index (χ3n) is 7.25. The number of benzene rings is 3. The van der Waals surface area contributed by atoms with Crippen molar-refractivity contribution in [1.82, 2.24) is 20.0 Å². The minimum atomic E-state index is -5.02. The lowest BCUT2D eigenvalue weighted by molar-refractivity contribution is -0.274. The molecule has 1 saturated carbocycles. The van der Waals surface area contributed by atoms with Gasteiger partial charge in [-0.3, -0.25) is 4.98 Å². The summed E-state index contributed by atoms with van der Waals surface area (Å²) in [6, 6.07) is 15.5. The number of ether oxygens (including phenoxy) is 1.